The zero-order valence-electron chi connectivity index (χ0n) is 7.96. The van der Waals surface area contributed by atoms with Crippen LogP contribution in [0.4, 0.5) is 0 Å². The molecule has 0 aromatic carbocycles. The van der Waals surface area contributed by atoms with Gasteiger partial charge in [0.2, 0.25) is 0 Å². The van der Waals surface area contributed by atoms with E-state index in [0.717, 1.165) is 20.9 Å². The summed E-state index contributed by atoms with van der Waals surface area (Å²) >= 11 is 10.8. The van der Waals surface area contributed by atoms with E-state index < -0.39 is 0 Å². The lowest BCUT2D eigenvalue weighted by Gasteiger charge is -2.04. The molecule has 0 aliphatic carbocycles. The van der Waals surface area contributed by atoms with Crippen molar-refractivity contribution in [1.82, 2.24) is 0 Å². The minimum atomic E-state index is -0.243. The zero-order chi connectivity index (χ0) is 11.0. The third-order valence-electron chi connectivity index (χ3n) is 2.04. The third kappa shape index (κ3) is 2.28. The monoisotopic (exact) mass is 305 g/mol. The average molecular weight is 307 g/mol. The van der Waals surface area contributed by atoms with Crippen LogP contribution < -0.4 is 5.73 Å². The van der Waals surface area contributed by atoms with Crippen LogP contribution >= 0.6 is 38.9 Å². The minimum absolute atomic E-state index is 0.243. The Bertz CT molecular complexity index is 460. The third-order valence-corrected chi connectivity index (χ3v) is 4.60. The normalized spacial score (nSPS) is 13.1. The maximum absolute atomic E-state index is 6.05. The standard InChI is InChI=1S/C10H9BrClNOS/c1-5-2-3-7(14-5)9(13)8-4-6(11)10(12)15-8/h2-4,9H,13H2,1H3. The molecule has 0 aliphatic rings. The molecule has 0 saturated carbocycles. The van der Waals surface area contributed by atoms with Crippen LogP contribution in [0, 0.1) is 6.92 Å². The van der Waals surface area contributed by atoms with Crippen LogP contribution in [0.3, 0.4) is 0 Å². The van der Waals surface area contributed by atoms with Crippen LogP contribution in [0.1, 0.15) is 22.4 Å². The first kappa shape index (κ1) is 11.2. The highest BCUT2D eigenvalue weighted by Gasteiger charge is 2.16. The fourth-order valence-corrected chi connectivity index (χ4v) is 3.02. The summed E-state index contributed by atoms with van der Waals surface area (Å²) in [6.07, 6.45) is 0. The van der Waals surface area contributed by atoms with Gasteiger partial charge in [0.25, 0.3) is 0 Å². The number of nitrogens with two attached hydrogens (primary N) is 1. The fraction of sp³-hybridized carbons (Fsp3) is 0.200. The zero-order valence-corrected chi connectivity index (χ0v) is 11.1. The van der Waals surface area contributed by atoms with Crippen molar-refractivity contribution in [2.75, 3.05) is 0 Å². The number of halogens is 2. The summed E-state index contributed by atoms with van der Waals surface area (Å²) in [6.45, 7) is 1.90. The van der Waals surface area contributed by atoms with E-state index in [1.165, 1.54) is 11.3 Å². The lowest BCUT2D eigenvalue weighted by atomic mass is 10.2. The second-order valence-corrected chi connectivity index (χ2v) is 5.74. The summed E-state index contributed by atoms with van der Waals surface area (Å²) in [4.78, 5) is 0.987. The molecule has 2 rings (SSSR count). The van der Waals surface area contributed by atoms with E-state index >= 15 is 0 Å². The number of hydrogen-bond donors (Lipinski definition) is 1. The first-order valence-corrected chi connectivity index (χ1v) is 6.33. The van der Waals surface area contributed by atoms with Crippen LogP contribution in [-0.4, -0.2) is 0 Å². The molecule has 1 atom stereocenters. The predicted octanol–water partition coefficient (Wildman–Crippen LogP) is 4.11. The largest absolute Gasteiger partial charge is 0.464 e. The molecule has 2 N–H and O–H groups in total. The predicted molar refractivity (Wildman–Crippen MR) is 66.5 cm³/mol. The van der Waals surface area contributed by atoms with Gasteiger partial charge in [-0.15, -0.1) is 11.3 Å². The second kappa shape index (κ2) is 4.29. The summed E-state index contributed by atoms with van der Waals surface area (Å²) < 4.78 is 7.06. The fourth-order valence-electron chi connectivity index (χ4n) is 1.28. The molecule has 5 heteroatoms. The first-order valence-electron chi connectivity index (χ1n) is 4.34. The van der Waals surface area contributed by atoms with Crippen molar-refractivity contribution in [3.8, 4) is 0 Å². The number of aryl methyl sites for hydroxylation is 1. The van der Waals surface area contributed by atoms with E-state index in [-0.39, 0.29) is 6.04 Å². The molecular weight excluding hydrogens is 298 g/mol. The average Bonchev–Trinajstić information content (AvgIpc) is 2.74. The molecule has 2 aromatic rings. The van der Waals surface area contributed by atoms with Gasteiger partial charge in [0.05, 0.1) is 6.04 Å². The number of hydrogen-bond acceptors (Lipinski definition) is 3. The summed E-state index contributed by atoms with van der Waals surface area (Å²) in [7, 11) is 0. The summed E-state index contributed by atoms with van der Waals surface area (Å²) in [6, 6.07) is 5.48. The van der Waals surface area contributed by atoms with Gasteiger partial charge in [0.1, 0.15) is 15.9 Å². The molecule has 0 saturated heterocycles. The van der Waals surface area contributed by atoms with Crippen molar-refractivity contribution >= 4 is 38.9 Å². The molecule has 2 heterocycles. The molecule has 0 fully saturated rings. The SMILES string of the molecule is Cc1ccc(C(N)c2cc(Br)c(Cl)s2)o1. The smallest absolute Gasteiger partial charge is 0.126 e. The highest BCUT2D eigenvalue weighted by atomic mass is 79.9. The lowest BCUT2D eigenvalue weighted by molar-refractivity contribution is 0.468. The van der Waals surface area contributed by atoms with E-state index in [0.29, 0.717) is 4.34 Å². The van der Waals surface area contributed by atoms with Crippen LogP contribution in [0.25, 0.3) is 0 Å². The molecule has 80 valence electrons. The van der Waals surface area contributed by atoms with Gasteiger partial charge in [-0.25, -0.2) is 0 Å². The molecule has 15 heavy (non-hydrogen) atoms. The van der Waals surface area contributed by atoms with Crippen molar-refractivity contribution in [3.05, 3.63) is 43.4 Å². The minimum Gasteiger partial charge on any atom is -0.464 e. The highest BCUT2D eigenvalue weighted by molar-refractivity contribution is 9.10. The molecule has 0 spiro atoms. The van der Waals surface area contributed by atoms with Crippen LogP contribution in [-0.2, 0) is 0 Å². The highest BCUT2D eigenvalue weighted by Crippen LogP contribution is 2.36. The van der Waals surface area contributed by atoms with Gasteiger partial charge in [-0.1, -0.05) is 11.6 Å². The molecule has 0 bridgehead atoms. The Kier molecular flexibility index (Phi) is 3.21. The van der Waals surface area contributed by atoms with Crippen LogP contribution in [0.15, 0.2) is 27.1 Å². The molecule has 2 nitrogen and oxygen atoms in total. The van der Waals surface area contributed by atoms with Gasteiger partial charge in [-0.05, 0) is 41.1 Å². The Balaban J connectivity index is 2.31. The molecular formula is C10H9BrClNOS. The summed E-state index contributed by atoms with van der Waals surface area (Å²) in [5.74, 6) is 1.63. The Morgan fingerprint density at radius 3 is 2.73 bits per heavy atom. The Morgan fingerprint density at radius 2 is 2.27 bits per heavy atom. The van der Waals surface area contributed by atoms with Crippen molar-refractivity contribution < 1.29 is 4.42 Å². The van der Waals surface area contributed by atoms with Crippen molar-refractivity contribution in [2.24, 2.45) is 5.73 Å². The molecule has 2 aromatic heterocycles. The topological polar surface area (TPSA) is 39.2 Å². The summed E-state index contributed by atoms with van der Waals surface area (Å²) in [5, 5.41) is 0. The van der Waals surface area contributed by atoms with Gasteiger partial charge >= 0.3 is 0 Å². The van der Waals surface area contributed by atoms with Gasteiger partial charge in [0, 0.05) is 9.35 Å². The number of thiophene rings is 1. The Labute approximate surface area is 105 Å². The van der Waals surface area contributed by atoms with E-state index in [9.17, 15) is 0 Å². The Hall–Kier alpha value is -0.290. The lowest BCUT2D eigenvalue weighted by Crippen LogP contribution is -2.08. The van der Waals surface area contributed by atoms with Crippen molar-refractivity contribution in [1.29, 1.82) is 0 Å². The van der Waals surface area contributed by atoms with Gasteiger partial charge < -0.3 is 10.2 Å². The molecule has 0 aliphatic heterocycles. The van der Waals surface area contributed by atoms with Crippen molar-refractivity contribution in [2.45, 2.75) is 13.0 Å². The number of furan rings is 1. The molecule has 1 unspecified atom stereocenters. The number of rotatable bonds is 2. The van der Waals surface area contributed by atoms with Crippen molar-refractivity contribution in [3.63, 3.8) is 0 Å². The van der Waals surface area contributed by atoms with Gasteiger partial charge in [0.15, 0.2) is 0 Å². The second-order valence-electron chi connectivity index (χ2n) is 3.20. The maximum atomic E-state index is 6.05. The van der Waals surface area contributed by atoms with E-state index in [1.807, 2.05) is 25.1 Å². The maximum Gasteiger partial charge on any atom is 0.126 e. The molecule has 0 amide bonds. The van der Waals surface area contributed by atoms with E-state index in [4.69, 9.17) is 21.8 Å². The van der Waals surface area contributed by atoms with Gasteiger partial charge in [-0.3, -0.25) is 0 Å². The van der Waals surface area contributed by atoms with E-state index in [2.05, 4.69) is 15.9 Å². The quantitative estimate of drug-likeness (QED) is 0.906. The van der Waals surface area contributed by atoms with Gasteiger partial charge in [-0.2, -0.15) is 0 Å². The summed E-state index contributed by atoms with van der Waals surface area (Å²) in [5.41, 5.74) is 6.05. The van der Waals surface area contributed by atoms with E-state index in [1.54, 1.807) is 0 Å². The first-order chi connectivity index (χ1) is 7.08. The molecule has 0 radical (unpaired) electrons. The Morgan fingerprint density at radius 1 is 1.53 bits per heavy atom. The van der Waals surface area contributed by atoms with Crippen LogP contribution in [0.5, 0.6) is 0 Å². The van der Waals surface area contributed by atoms with Crippen LogP contribution in [0.2, 0.25) is 4.34 Å².